The first-order valence-electron chi connectivity index (χ1n) is 5.01. The minimum Gasteiger partial charge on any atom is -0.480 e. The summed E-state index contributed by atoms with van der Waals surface area (Å²) < 4.78 is 0. The van der Waals surface area contributed by atoms with Gasteiger partial charge in [-0.15, -0.1) is 0 Å². The van der Waals surface area contributed by atoms with E-state index >= 15 is 0 Å². The third kappa shape index (κ3) is 7.60. The van der Waals surface area contributed by atoms with E-state index in [1.807, 2.05) is 0 Å². The number of carbonyl (C=O) groups excluding carboxylic acids is 1. The van der Waals surface area contributed by atoms with Crippen molar-refractivity contribution in [3.63, 3.8) is 0 Å². The summed E-state index contributed by atoms with van der Waals surface area (Å²) >= 11 is 0. The van der Waals surface area contributed by atoms with Crippen LogP contribution in [0.3, 0.4) is 0 Å². The Hall–Kier alpha value is -1.79. The lowest BCUT2D eigenvalue weighted by Gasteiger charge is -2.12. The zero-order valence-electron chi connectivity index (χ0n) is 9.25. The number of carboxylic acids is 1. The number of nitrogens with two attached hydrogens (primary N) is 1. The van der Waals surface area contributed by atoms with Gasteiger partial charge in [-0.1, -0.05) is 0 Å². The summed E-state index contributed by atoms with van der Waals surface area (Å²) in [6, 6.07) is -0.838. The van der Waals surface area contributed by atoms with Gasteiger partial charge in [0.15, 0.2) is 5.96 Å². The van der Waals surface area contributed by atoms with Crippen LogP contribution in [0.1, 0.15) is 26.2 Å². The van der Waals surface area contributed by atoms with Crippen LogP contribution in [0.15, 0.2) is 0 Å². The van der Waals surface area contributed by atoms with Crippen LogP contribution in [-0.2, 0) is 9.59 Å². The highest BCUT2D eigenvalue weighted by atomic mass is 16.4. The van der Waals surface area contributed by atoms with E-state index in [9.17, 15) is 9.59 Å². The van der Waals surface area contributed by atoms with E-state index < -0.39 is 12.0 Å². The SMILES string of the molecule is CC(=O)N[C@@H](CCCCNC(=N)N)C(=O)O. The Bertz CT molecular complexity index is 267. The first-order chi connectivity index (χ1) is 7.43. The van der Waals surface area contributed by atoms with Crippen molar-refractivity contribution in [3.05, 3.63) is 0 Å². The summed E-state index contributed by atoms with van der Waals surface area (Å²) in [7, 11) is 0. The lowest BCUT2D eigenvalue weighted by Crippen LogP contribution is -2.39. The number of guanidine groups is 1. The molecule has 0 aromatic rings. The zero-order valence-corrected chi connectivity index (χ0v) is 9.25. The maximum Gasteiger partial charge on any atom is 0.326 e. The number of unbranched alkanes of at least 4 members (excludes halogenated alkanes) is 1. The maximum atomic E-state index is 10.7. The number of carboxylic acid groups (broad SMARTS) is 1. The molecule has 7 heteroatoms. The molecule has 0 radical (unpaired) electrons. The predicted molar refractivity (Wildman–Crippen MR) is 59.0 cm³/mol. The van der Waals surface area contributed by atoms with E-state index in [0.29, 0.717) is 25.8 Å². The van der Waals surface area contributed by atoms with Crippen LogP contribution in [0.4, 0.5) is 0 Å². The molecular formula is C9H18N4O3. The minimum atomic E-state index is -1.03. The van der Waals surface area contributed by atoms with Crippen LogP contribution in [0, 0.1) is 5.41 Å². The monoisotopic (exact) mass is 230 g/mol. The Balaban J connectivity index is 3.72. The molecule has 0 aliphatic rings. The minimum absolute atomic E-state index is 0.100. The van der Waals surface area contributed by atoms with E-state index in [2.05, 4.69) is 10.6 Å². The molecule has 0 bridgehead atoms. The number of nitrogens with one attached hydrogen (secondary N) is 3. The second-order valence-corrected chi connectivity index (χ2v) is 3.43. The highest BCUT2D eigenvalue weighted by molar-refractivity contribution is 5.81. The molecule has 1 amide bonds. The second kappa shape index (κ2) is 7.49. The molecule has 0 aromatic carbocycles. The van der Waals surface area contributed by atoms with Crippen molar-refractivity contribution in [2.45, 2.75) is 32.2 Å². The molecule has 16 heavy (non-hydrogen) atoms. The molecule has 0 heterocycles. The van der Waals surface area contributed by atoms with Crippen molar-refractivity contribution in [1.29, 1.82) is 5.41 Å². The number of hydrogen-bond acceptors (Lipinski definition) is 3. The van der Waals surface area contributed by atoms with E-state index in [1.165, 1.54) is 6.92 Å². The molecule has 0 saturated heterocycles. The fourth-order valence-corrected chi connectivity index (χ4v) is 1.20. The molecule has 0 aromatic heterocycles. The molecule has 0 fully saturated rings. The third-order valence-electron chi connectivity index (χ3n) is 1.91. The fourth-order valence-electron chi connectivity index (χ4n) is 1.20. The summed E-state index contributed by atoms with van der Waals surface area (Å²) in [5.41, 5.74) is 5.07. The Morgan fingerprint density at radius 2 is 2.06 bits per heavy atom. The van der Waals surface area contributed by atoms with Crippen LogP contribution in [0.2, 0.25) is 0 Å². The van der Waals surface area contributed by atoms with Crippen molar-refractivity contribution < 1.29 is 14.7 Å². The lowest BCUT2D eigenvalue weighted by molar-refractivity contribution is -0.141. The van der Waals surface area contributed by atoms with Crippen molar-refractivity contribution in [2.75, 3.05) is 6.54 Å². The van der Waals surface area contributed by atoms with Gasteiger partial charge < -0.3 is 21.5 Å². The van der Waals surface area contributed by atoms with Gasteiger partial charge in [-0.25, -0.2) is 4.79 Å². The summed E-state index contributed by atoms with van der Waals surface area (Å²) in [6.07, 6.45) is 1.70. The zero-order chi connectivity index (χ0) is 12.6. The Morgan fingerprint density at radius 1 is 1.44 bits per heavy atom. The standard InChI is InChI=1S/C9H18N4O3/c1-6(14)13-7(8(15)16)4-2-3-5-12-9(10)11/h7H,2-5H2,1H3,(H,13,14)(H,15,16)(H4,10,11,12)/t7-/m0/s1. The summed E-state index contributed by atoms with van der Waals surface area (Å²) in [4.78, 5) is 21.4. The highest BCUT2D eigenvalue weighted by Gasteiger charge is 2.17. The molecule has 6 N–H and O–H groups in total. The first-order valence-corrected chi connectivity index (χ1v) is 5.01. The van der Waals surface area contributed by atoms with Gasteiger partial charge in [0, 0.05) is 13.5 Å². The second-order valence-electron chi connectivity index (χ2n) is 3.43. The molecule has 0 aliphatic carbocycles. The van der Waals surface area contributed by atoms with Gasteiger partial charge in [-0.05, 0) is 19.3 Å². The molecule has 0 unspecified atom stereocenters. The van der Waals surface area contributed by atoms with Crippen LogP contribution in [0.25, 0.3) is 0 Å². The number of aliphatic carboxylic acids is 1. The van der Waals surface area contributed by atoms with Gasteiger partial charge in [0.2, 0.25) is 5.91 Å². The maximum absolute atomic E-state index is 10.7. The average molecular weight is 230 g/mol. The van der Waals surface area contributed by atoms with Gasteiger partial charge in [-0.2, -0.15) is 0 Å². The first kappa shape index (κ1) is 14.2. The van der Waals surface area contributed by atoms with Crippen LogP contribution < -0.4 is 16.4 Å². The number of hydrogen-bond donors (Lipinski definition) is 5. The third-order valence-corrected chi connectivity index (χ3v) is 1.91. The van der Waals surface area contributed by atoms with Gasteiger partial charge in [0.25, 0.3) is 0 Å². The van der Waals surface area contributed by atoms with Crippen LogP contribution >= 0.6 is 0 Å². The Kier molecular flexibility index (Phi) is 6.66. The molecule has 1 atom stereocenters. The van der Waals surface area contributed by atoms with E-state index in [0.717, 1.165) is 0 Å². The molecule has 92 valence electrons. The molecular weight excluding hydrogens is 212 g/mol. The molecule has 0 aliphatic heterocycles. The smallest absolute Gasteiger partial charge is 0.326 e. The summed E-state index contributed by atoms with van der Waals surface area (Å²) in [5, 5.41) is 20.6. The van der Waals surface area contributed by atoms with Gasteiger partial charge >= 0.3 is 5.97 Å². The van der Waals surface area contributed by atoms with Crippen molar-refractivity contribution in [2.24, 2.45) is 5.73 Å². The Morgan fingerprint density at radius 3 is 2.50 bits per heavy atom. The molecule has 0 saturated carbocycles. The largest absolute Gasteiger partial charge is 0.480 e. The predicted octanol–water partition coefficient (Wildman–Crippen LogP) is -0.771. The van der Waals surface area contributed by atoms with E-state index in [1.54, 1.807) is 0 Å². The summed E-state index contributed by atoms with van der Waals surface area (Å²) in [6.45, 7) is 1.81. The summed E-state index contributed by atoms with van der Waals surface area (Å²) in [5.74, 6) is -1.49. The van der Waals surface area contributed by atoms with E-state index in [-0.39, 0.29) is 11.9 Å². The van der Waals surface area contributed by atoms with Crippen molar-refractivity contribution in [1.82, 2.24) is 10.6 Å². The molecule has 0 spiro atoms. The number of rotatable bonds is 7. The quantitative estimate of drug-likeness (QED) is 0.223. The lowest BCUT2D eigenvalue weighted by atomic mass is 10.1. The van der Waals surface area contributed by atoms with Crippen molar-refractivity contribution in [3.8, 4) is 0 Å². The van der Waals surface area contributed by atoms with Crippen LogP contribution in [0.5, 0.6) is 0 Å². The topological polar surface area (TPSA) is 128 Å². The Labute approximate surface area is 93.9 Å². The highest BCUT2D eigenvalue weighted by Crippen LogP contribution is 2.00. The van der Waals surface area contributed by atoms with Gasteiger partial charge in [0.05, 0.1) is 0 Å². The van der Waals surface area contributed by atoms with Gasteiger partial charge in [-0.3, -0.25) is 10.2 Å². The number of carbonyl (C=O) groups is 2. The van der Waals surface area contributed by atoms with Crippen LogP contribution in [-0.4, -0.2) is 35.5 Å². The number of amides is 1. The van der Waals surface area contributed by atoms with E-state index in [4.69, 9.17) is 16.2 Å². The molecule has 7 nitrogen and oxygen atoms in total. The van der Waals surface area contributed by atoms with Gasteiger partial charge in [0.1, 0.15) is 6.04 Å². The fraction of sp³-hybridized carbons (Fsp3) is 0.667. The molecule has 0 rings (SSSR count). The average Bonchev–Trinajstić information content (AvgIpc) is 2.14. The normalized spacial score (nSPS) is 11.6. The van der Waals surface area contributed by atoms with Crippen molar-refractivity contribution >= 4 is 17.8 Å².